The quantitative estimate of drug-likeness (QED) is 0.374. The molecule has 0 aromatic heterocycles. The third-order valence-corrected chi connectivity index (χ3v) is 2.13. The van der Waals surface area contributed by atoms with Gasteiger partial charge in [-0.05, 0) is 6.42 Å². The molecule has 23 heavy (non-hydrogen) atoms. The van der Waals surface area contributed by atoms with Gasteiger partial charge in [0.1, 0.15) is 0 Å². The van der Waals surface area contributed by atoms with Gasteiger partial charge in [0.25, 0.3) is 0 Å². The first kappa shape index (κ1) is 39.3. The number of unbranched alkanes of at least 4 members (excludes halogenated alkanes) is 5. The molecule has 1 nitrogen and oxygen atoms in total. The average Bonchev–Trinajstić information content (AvgIpc) is 2.50. The third kappa shape index (κ3) is 123. The average molecular weight is 356 g/mol. The Morgan fingerprint density at radius 2 is 1.13 bits per heavy atom. The topological polar surface area (TPSA) is 26.0 Å². The largest absolute Gasteiger partial charge is 1.00 e. The van der Waals surface area contributed by atoms with Gasteiger partial charge >= 0.3 is 51.4 Å². The minimum absolute atomic E-state index is 0. The van der Waals surface area contributed by atoms with Gasteiger partial charge < -0.3 is 12.7 Å². The van der Waals surface area contributed by atoms with Crippen LogP contribution in [0.15, 0.2) is 12.3 Å². The molecule has 0 saturated carbocycles. The Bertz CT molecular complexity index is 130. The molecular formula is C21H50KN. The van der Waals surface area contributed by atoms with Crippen molar-refractivity contribution in [3.05, 3.63) is 19.2 Å². The second kappa shape index (κ2) is 56.7. The molecule has 0 heterocycles. The zero-order valence-electron chi connectivity index (χ0n) is 18.6. The molecule has 0 bridgehead atoms. The van der Waals surface area contributed by atoms with Crippen LogP contribution in [0.4, 0.5) is 0 Å². The van der Waals surface area contributed by atoms with E-state index in [0.717, 1.165) is 25.0 Å². The van der Waals surface area contributed by atoms with Crippen molar-refractivity contribution in [3.8, 4) is 0 Å². The van der Waals surface area contributed by atoms with E-state index >= 15 is 0 Å². The van der Waals surface area contributed by atoms with Crippen LogP contribution in [-0.4, -0.2) is 0 Å². The van der Waals surface area contributed by atoms with E-state index in [4.69, 9.17) is 5.73 Å². The number of hydrogen-bond acceptors (Lipinski definition) is 1. The summed E-state index contributed by atoms with van der Waals surface area (Å²) in [6.07, 6.45) is 12.5. The third-order valence-electron chi connectivity index (χ3n) is 2.13. The molecule has 0 fully saturated rings. The van der Waals surface area contributed by atoms with E-state index in [9.17, 15) is 0 Å². The van der Waals surface area contributed by atoms with Gasteiger partial charge in [0.15, 0.2) is 0 Å². The van der Waals surface area contributed by atoms with Crippen molar-refractivity contribution in [1.82, 2.24) is 0 Å². The van der Waals surface area contributed by atoms with Crippen LogP contribution in [0.2, 0.25) is 0 Å². The first-order valence-corrected chi connectivity index (χ1v) is 9.74. The molecule has 0 aliphatic rings. The van der Waals surface area contributed by atoms with Crippen LogP contribution in [0.1, 0.15) is 120 Å². The molecule has 0 unspecified atom stereocenters. The molecule has 0 amide bonds. The predicted octanol–water partition coefficient (Wildman–Crippen LogP) is 5.30. The van der Waals surface area contributed by atoms with Crippen LogP contribution < -0.4 is 57.1 Å². The van der Waals surface area contributed by atoms with E-state index in [1.807, 2.05) is 13.8 Å². The smallest absolute Gasteiger partial charge is 0.403 e. The summed E-state index contributed by atoms with van der Waals surface area (Å²) < 4.78 is 0. The predicted molar refractivity (Wildman–Crippen MR) is 110 cm³/mol. The summed E-state index contributed by atoms with van der Waals surface area (Å²) in [5.74, 6) is 0. The van der Waals surface area contributed by atoms with Crippen molar-refractivity contribution in [2.24, 2.45) is 5.73 Å². The van der Waals surface area contributed by atoms with Gasteiger partial charge in [0.2, 0.25) is 0 Å². The van der Waals surface area contributed by atoms with Crippen molar-refractivity contribution in [2.75, 3.05) is 0 Å². The van der Waals surface area contributed by atoms with Gasteiger partial charge in [0.05, 0.1) is 0 Å². The molecular weight excluding hydrogens is 305 g/mol. The second-order valence-corrected chi connectivity index (χ2v) is 5.03. The van der Waals surface area contributed by atoms with Crippen LogP contribution in [0, 0.1) is 6.92 Å². The molecule has 140 valence electrons. The summed E-state index contributed by atoms with van der Waals surface area (Å²) in [5, 5.41) is 0. The van der Waals surface area contributed by atoms with Crippen LogP contribution in [-0.2, 0) is 0 Å². The minimum atomic E-state index is 0. The SMILES string of the molecule is C=C(N)CCC.CC.CCC.CCCCC.[CH2-]CCCCC.[K+]. The fourth-order valence-corrected chi connectivity index (χ4v) is 1.10. The minimum Gasteiger partial charge on any atom is -0.403 e. The fraction of sp³-hybridized carbons (Fsp3) is 0.857. The number of allylic oxidation sites excluding steroid dienone is 1. The van der Waals surface area contributed by atoms with Gasteiger partial charge in [-0.1, -0.05) is 113 Å². The van der Waals surface area contributed by atoms with E-state index in [2.05, 4.69) is 55.0 Å². The van der Waals surface area contributed by atoms with Gasteiger partial charge in [0, 0.05) is 5.70 Å². The molecule has 0 atom stereocenters. The Morgan fingerprint density at radius 1 is 0.783 bits per heavy atom. The van der Waals surface area contributed by atoms with Crippen molar-refractivity contribution in [3.63, 3.8) is 0 Å². The Balaban J connectivity index is -0.0000000407. The Hall–Kier alpha value is 1.18. The Labute approximate surface area is 194 Å². The van der Waals surface area contributed by atoms with Crippen molar-refractivity contribution < 1.29 is 51.4 Å². The van der Waals surface area contributed by atoms with E-state index in [0.29, 0.717) is 0 Å². The van der Waals surface area contributed by atoms with Crippen molar-refractivity contribution in [2.45, 2.75) is 120 Å². The van der Waals surface area contributed by atoms with Crippen LogP contribution in [0.25, 0.3) is 0 Å². The summed E-state index contributed by atoms with van der Waals surface area (Å²) in [7, 11) is 0. The molecule has 0 aromatic rings. The van der Waals surface area contributed by atoms with E-state index in [1.165, 1.54) is 44.9 Å². The normalized spacial score (nSPS) is 7.35. The number of nitrogens with two attached hydrogens (primary N) is 1. The maximum atomic E-state index is 5.21. The first-order chi connectivity index (χ1) is 10.5. The van der Waals surface area contributed by atoms with Gasteiger partial charge in [-0.15, -0.1) is 0 Å². The molecule has 0 rings (SSSR count). The molecule has 0 aromatic carbocycles. The summed E-state index contributed by atoms with van der Waals surface area (Å²) in [6, 6.07) is 0. The van der Waals surface area contributed by atoms with E-state index in [-0.39, 0.29) is 51.4 Å². The first-order valence-electron chi connectivity index (χ1n) is 9.74. The Kier molecular flexibility index (Phi) is 96.9. The number of rotatable bonds is 7. The molecule has 0 aliphatic heterocycles. The van der Waals surface area contributed by atoms with E-state index < -0.39 is 0 Å². The van der Waals surface area contributed by atoms with E-state index in [1.54, 1.807) is 0 Å². The van der Waals surface area contributed by atoms with Crippen molar-refractivity contribution >= 4 is 0 Å². The standard InChI is InChI=1S/C6H13.C5H11N.C5H12.C3H8.C2H6.K/c1-3-5-6-4-2;1-3-4-5(2)6;1-3-5-4-2;1-3-2;1-2;/h1,3-6H2,2H3;2-4,6H2,1H3;3-5H2,1-2H3;3H2,1-2H3;1-2H3;/q-1;;;;;+1. The molecule has 0 saturated heterocycles. The molecule has 2 N–H and O–H groups in total. The molecule has 0 aliphatic carbocycles. The fourth-order valence-electron chi connectivity index (χ4n) is 1.10. The summed E-state index contributed by atoms with van der Waals surface area (Å²) >= 11 is 0. The summed E-state index contributed by atoms with van der Waals surface area (Å²) in [4.78, 5) is 0. The monoisotopic (exact) mass is 355 g/mol. The van der Waals surface area contributed by atoms with Gasteiger partial charge in [-0.2, -0.15) is 6.42 Å². The van der Waals surface area contributed by atoms with Gasteiger partial charge in [-0.25, -0.2) is 0 Å². The van der Waals surface area contributed by atoms with Crippen LogP contribution >= 0.6 is 0 Å². The molecule has 0 spiro atoms. The molecule has 2 heteroatoms. The second-order valence-electron chi connectivity index (χ2n) is 5.03. The maximum Gasteiger partial charge on any atom is 1.00 e. The number of hydrogen-bond donors (Lipinski definition) is 1. The zero-order chi connectivity index (χ0) is 18.6. The molecule has 0 radical (unpaired) electrons. The summed E-state index contributed by atoms with van der Waals surface area (Å²) in [6.45, 7) is 24.2. The van der Waals surface area contributed by atoms with Gasteiger partial charge in [-0.3, -0.25) is 0 Å². The summed E-state index contributed by atoms with van der Waals surface area (Å²) in [5.41, 5.74) is 6.00. The van der Waals surface area contributed by atoms with Crippen LogP contribution in [0.5, 0.6) is 0 Å². The maximum absolute atomic E-state index is 5.21. The van der Waals surface area contributed by atoms with Crippen LogP contribution in [0.3, 0.4) is 0 Å². The Morgan fingerprint density at radius 3 is 1.17 bits per heavy atom. The van der Waals surface area contributed by atoms with Crippen molar-refractivity contribution in [1.29, 1.82) is 0 Å². The zero-order valence-corrected chi connectivity index (χ0v) is 21.7.